The van der Waals surface area contributed by atoms with Gasteiger partial charge in [-0.2, -0.15) is 5.90 Å². The number of hydrogen-bond acceptors (Lipinski definition) is 6. The lowest BCUT2D eigenvalue weighted by Gasteiger charge is -2.30. The van der Waals surface area contributed by atoms with Gasteiger partial charge in [0.25, 0.3) is 0 Å². The number of hydrogen-bond donors (Lipinski definition) is 1. The number of carbonyl (C=O) groups excluding carboxylic acids is 2. The molecule has 2 atom stereocenters. The SMILES string of the molecule is C[C@@]1(C(=O)OCC[Si](C)(C)C)CC/C=C/[C@H](OC(=O)ON)CC1. The van der Waals surface area contributed by atoms with E-state index in [1.807, 2.05) is 19.1 Å². The van der Waals surface area contributed by atoms with Crippen molar-refractivity contribution in [3.8, 4) is 0 Å². The molecule has 23 heavy (non-hydrogen) atoms. The number of ether oxygens (including phenoxy) is 2. The summed E-state index contributed by atoms with van der Waals surface area (Å²) in [6.45, 7) is 9.16. The maximum absolute atomic E-state index is 12.5. The van der Waals surface area contributed by atoms with Gasteiger partial charge in [-0.25, -0.2) is 4.79 Å². The molecule has 0 unspecified atom stereocenters. The normalized spacial score (nSPS) is 26.6. The third-order valence-corrected chi connectivity index (χ3v) is 5.82. The van der Waals surface area contributed by atoms with E-state index in [0.717, 1.165) is 18.9 Å². The van der Waals surface area contributed by atoms with Crippen LogP contribution in [-0.2, 0) is 19.1 Å². The molecule has 0 radical (unpaired) electrons. The molecular weight excluding hydrogens is 314 g/mol. The lowest BCUT2D eigenvalue weighted by Crippen LogP contribution is -2.34. The van der Waals surface area contributed by atoms with E-state index < -0.39 is 25.7 Å². The van der Waals surface area contributed by atoms with Gasteiger partial charge in [0.2, 0.25) is 0 Å². The first-order valence-corrected chi connectivity index (χ1v) is 11.8. The van der Waals surface area contributed by atoms with Gasteiger partial charge in [-0.3, -0.25) is 4.79 Å². The molecule has 0 aromatic carbocycles. The fourth-order valence-electron chi connectivity index (χ4n) is 2.41. The molecule has 1 aliphatic carbocycles. The molecule has 0 amide bonds. The van der Waals surface area contributed by atoms with Gasteiger partial charge in [0.1, 0.15) is 6.10 Å². The molecule has 0 saturated carbocycles. The summed E-state index contributed by atoms with van der Waals surface area (Å²) in [4.78, 5) is 27.6. The largest absolute Gasteiger partial charge is 0.528 e. The van der Waals surface area contributed by atoms with Crippen LogP contribution in [0.2, 0.25) is 25.7 Å². The van der Waals surface area contributed by atoms with Gasteiger partial charge < -0.3 is 14.3 Å². The molecule has 7 heteroatoms. The van der Waals surface area contributed by atoms with Crippen LogP contribution in [0.25, 0.3) is 0 Å². The fraction of sp³-hybridized carbons (Fsp3) is 0.750. The molecular formula is C16H29NO5Si. The Bertz CT molecular complexity index is 446. The number of nitrogens with two attached hydrogens (primary N) is 1. The minimum atomic E-state index is -1.22. The molecule has 0 fully saturated rings. The Morgan fingerprint density at radius 2 is 2.00 bits per heavy atom. The zero-order valence-corrected chi connectivity index (χ0v) is 15.6. The minimum absolute atomic E-state index is 0.161. The van der Waals surface area contributed by atoms with E-state index in [1.54, 1.807) is 0 Å². The topological polar surface area (TPSA) is 87.8 Å². The van der Waals surface area contributed by atoms with Crippen LogP contribution in [-0.4, -0.2) is 32.9 Å². The van der Waals surface area contributed by atoms with Crippen molar-refractivity contribution in [2.45, 2.75) is 64.4 Å². The molecule has 0 spiro atoms. The average molecular weight is 343 g/mol. The molecule has 132 valence electrons. The quantitative estimate of drug-likeness (QED) is 0.356. The molecule has 1 rings (SSSR count). The smallest absolute Gasteiger partial charge is 0.466 e. The van der Waals surface area contributed by atoms with Crippen molar-refractivity contribution >= 4 is 20.2 Å². The Labute approximate surface area is 139 Å². The van der Waals surface area contributed by atoms with Gasteiger partial charge in [0.15, 0.2) is 0 Å². The molecule has 0 heterocycles. The highest BCUT2D eigenvalue weighted by Crippen LogP contribution is 2.34. The third kappa shape index (κ3) is 7.17. The van der Waals surface area contributed by atoms with Gasteiger partial charge in [0, 0.05) is 8.07 Å². The van der Waals surface area contributed by atoms with Crippen LogP contribution in [0.3, 0.4) is 0 Å². The van der Waals surface area contributed by atoms with E-state index in [9.17, 15) is 9.59 Å². The van der Waals surface area contributed by atoms with E-state index in [4.69, 9.17) is 15.4 Å². The van der Waals surface area contributed by atoms with E-state index in [-0.39, 0.29) is 5.97 Å². The van der Waals surface area contributed by atoms with Crippen molar-refractivity contribution in [3.63, 3.8) is 0 Å². The number of esters is 1. The molecule has 6 nitrogen and oxygen atoms in total. The van der Waals surface area contributed by atoms with Crippen LogP contribution in [0.4, 0.5) is 4.79 Å². The van der Waals surface area contributed by atoms with Crippen LogP contribution < -0.4 is 5.90 Å². The van der Waals surface area contributed by atoms with Crippen LogP contribution in [0.5, 0.6) is 0 Å². The standard InChI is InChI=1S/C16H29NO5Si/c1-16(14(18)20-11-12-23(2,3)4)9-6-5-7-13(8-10-16)21-15(19)22-17/h5,7,13H,6,8-12,17H2,1-4H3/b7-5+/t13-,16+/m0/s1. The predicted molar refractivity (Wildman–Crippen MR) is 90.4 cm³/mol. The van der Waals surface area contributed by atoms with Crippen LogP contribution in [0.1, 0.15) is 32.6 Å². The summed E-state index contributed by atoms with van der Waals surface area (Å²) in [5.41, 5.74) is -0.557. The van der Waals surface area contributed by atoms with E-state index in [2.05, 4.69) is 24.5 Å². The first-order valence-electron chi connectivity index (χ1n) is 8.07. The Balaban J connectivity index is 2.58. The lowest BCUT2D eigenvalue weighted by molar-refractivity contribution is -0.155. The molecule has 2 N–H and O–H groups in total. The summed E-state index contributed by atoms with van der Waals surface area (Å²) >= 11 is 0. The molecule has 0 aromatic rings. The van der Waals surface area contributed by atoms with E-state index >= 15 is 0 Å². The highest BCUT2D eigenvalue weighted by molar-refractivity contribution is 6.76. The molecule has 0 saturated heterocycles. The number of rotatable bonds is 5. The second kappa shape index (κ2) is 8.49. The molecule has 0 aromatic heterocycles. The predicted octanol–water partition coefficient (Wildman–Crippen LogP) is 3.40. The number of allylic oxidation sites excluding steroid dienone is 1. The van der Waals surface area contributed by atoms with Gasteiger partial charge in [-0.05, 0) is 44.7 Å². The summed E-state index contributed by atoms with van der Waals surface area (Å²) in [7, 11) is -1.22. The maximum Gasteiger partial charge on any atom is 0.528 e. The van der Waals surface area contributed by atoms with E-state index in [1.165, 1.54) is 0 Å². The number of carbonyl (C=O) groups is 2. The van der Waals surface area contributed by atoms with Crippen molar-refractivity contribution in [3.05, 3.63) is 12.2 Å². The summed E-state index contributed by atoms with van der Waals surface area (Å²) in [5, 5.41) is 0. The molecule has 1 aliphatic rings. The van der Waals surface area contributed by atoms with Crippen molar-refractivity contribution in [2.24, 2.45) is 11.3 Å². The van der Waals surface area contributed by atoms with Crippen molar-refractivity contribution in [2.75, 3.05) is 6.61 Å². The highest BCUT2D eigenvalue weighted by atomic mass is 28.3. The van der Waals surface area contributed by atoms with Gasteiger partial charge in [-0.1, -0.05) is 25.7 Å². The fourth-order valence-corrected chi connectivity index (χ4v) is 3.12. The van der Waals surface area contributed by atoms with Gasteiger partial charge in [-0.15, -0.1) is 0 Å². The van der Waals surface area contributed by atoms with Crippen LogP contribution >= 0.6 is 0 Å². The van der Waals surface area contributed by atoms with Crippen LogP contribution in [0, 0.1) is 5.41 Å². The third-order valence-electron chi connectivity index (χ3n) is 4.12. The zero-order chi connectivity index (χ0) is 17.5. The minimum Gasteiger partial charge on any atom is -0.466 e. The van der Waals surface area contributed by atoms with Crippen molar-refractivity contribution in [1.29, 1.82) is 0 Å². The second-order valence-electron chi connectivity index (χ2n) is 7.54. The lowest BCUT2D eigenvalue weighted by atomic mass is 9.79. The van der Waals surface area contributed by atoms with Crippen LogP contribution in [0.15, 0.2) is 12.2 Å². The maximum atomic E-state index is 12.5. The average Bonchev–Trinajstić information content (AvgIpc) is 2.45. The first kappa shape index (κ1) is 19.7. The van der Waals surface area contributed by atoms with Gasteiger partial charge in [0.05, 0.1) is 12.0 Å². The second-order valence-corrected chi connectivity index (χ2v) is 13.2. The summed E-state index contributed by atoms with van der Waals surface area (Å²) in [6.07, 6.45) is 4.96. The van der Waals surface area contributed by atoms with Gasteiger partial charge >= 0.3 is 12.1 Å². The van der Waals surface area contributed by atoms with Crippen molar-refractivity contribution < 1.29 is 23.9 Å². The van der Waals surface area contributed by atoms with E-state index in [0.29, 0.717) is 19.4 Å². The summed E-state index contributed by atoms with van der Waals surface area (Å²) in [5.74, 6) is 4.62. The monoisotopic (exact) mass is 343 g/mol. The molecule has 0 aliphatic heterocycles. The Morgan fingerprint density at radius 3 is 2.61 bits per heavy atom. The van der Waals surface area contributed by atoms with Crippen molar-refractivity contribution in [1.82, 2.24) is 0 Å². The Hall–Kier alpha value is -1.34. The first-order chi connectivity index (χ1) is 10.7. The Kier molecular flexibility index (Phi) is 7.28. The summed E-state index contributed by atoms with van der Waals surface area (Å²) in [6, 6.07) is 0.961. The summed E-state index contributed by atoms with van der Waals surface area (Å²) < 4.78 is 10.6. The Morgan fingerprint density at radius 1 is 1.30 bits per heavy atom. The zero-order valence-electron chi connectivity index (χ0n) is 14.6. The molecule has 0 bridgehead atoms. The highest BCUT2D eigenvalue weighted by Gasteiger charge is 2.36.